The van der Waals surface area contributed by atoms with Crippen LogP contribution in [-0.2, 0) is 16.0 Å². The number of nitro groups is 1. The first-order valence-corrected chi connectivity index (χ1v) is 9.99. The maximum absolute atomic E-state index is 11.8. The minimum absolute atomic E-state index is 0.0123. The first-order valence-electron chi connectivity index (χ1n) is 9.17. The molecule has 1 heterocycles. The number of aromatic nitrogens is 1. The highest BCUT2D eigenvalue weighted by Crippen LogP contribution is 2.41. The van der Waals surface area contributed by atoms with E-state index in [0.717, 1.165) is 15.7 Å². The van der Waals surface area contributed by atoms with Gasteiger partial charge in [-0.1, -0.05) is 23.9 Å². The van der Waals surface area contributed by atoms with Crippen LogP contribution >= 0.6 is 11.8 Å². The topological polar surface area (TPSA) is 142 Å². The predicted molar refractivity (Wildman–Crippen MR) is 114 cm³/mol. The Morgan fingerprint density at radius 3 is 2.63 bits per heavy atom. The van der Waals surface area contributed by atoms with Crippen molar-refractivity contribution in [3.8, 4) is 0 Å². The van der Waals surface area contributed by atoms with Gasteiger partial charge in [-0.2, -0.15) is 0 Å². The fourth-order valence-corrected chi connectivity index (χ4v) is 4.29. The van der Waals surface area contributed by atoms with Gasteiger partial charge in [-0.05, 0) is 48.1 Å². The number of rotatable bonds is 8. The molecule has 0 radical (unpaired) electrons. The number of carbonyl (C=O) groups excluding carboxylic acids is 2. The molecule has 2 amide bonds. The number of hydrogen-bond donors (Lipinski definition) is 2. The number of carbonyl (C=O) groups is 2. The molecule has 0 saturated heterocycles. The van der Waals surface area contributed by atoms with Crippen molar-refractivity contribution in [3.63, 3.8) is 0 Å². The number of aryl methyl sites for hydroxylation is 1. The zero-order chi connectivity index (χ0) is 21.8. The zero-order valence-corrected chi connectivity index (χ0v) is 17.0. The molecule has 0 bridgehead atoms. The fourth-order valence-electron chi connectivity index (χ4n) is 3.18. The summed E-state index contributed by atoms with van der Waals surface area (Å²) in [5.74, 6) is -1.76. The van der Waals surface area contributed by atoms with E-state index >= 15 is 0 Å². The maximum Gasteiger partial charge on any atom is 0.283 e. The van der Waals surface area contributed by atoms with Crippen LogP contribution in [0.15, 0.2) is 58.6 Å². The molecular formula is C21H20N4O4S. The lowest BCUT2D eigenvalue weighted by Crippen LogP contribution is -2.21. The molecule has 3 aromatic rings. The number of fused-ring (bicyclic) bond motifs is 1. The summed E-state index contributed by atoms with van der Waals surface area (Å²) in [5, 5.41) is 13.6. The van der Waals surface area contributed by atoms with Gasteiger partial charge in [-0.3, -0.25) is 24.7 Å². The van der Waals surface area contributed by atoms with Crippen molar-refractivity contribution in [2.45, 2.75) is 35.5 Å². The lowest BCUT2D eigenvalue weighted by Gasteiger charge is -2.16. The molecular weight excluding hydrogens is 404 g/mol. The Bertz CT molecular complexity index is 1140. The monoisotopic (exact) mass is 424 g/mol. The number of pyridine rings is 1. The summed E-state index contributed by atoms with van der Waals surface area (Å²) in [5.41, 5.74) is 11.7. The molecule has 1 aromatic heterocycles. The van der Waals surface area contributed by atoms with Gasteiger partial charge in [0, 0.05) is 35.2 Å². The number of benzene rings is 2. The Morgan fingerprint density at radius 1 is 1.20 bits per heavy atom. The average molecular weight is 424 g/mol. The second kappa shape index (κ2) is 8.91. The van der Waals surface area contributed by atoms with E-state index in [0.29, 0.717) is 16.0 Å². The Balaban J connectivity index is 2.14. The van der Waals surface area contributed by atoms with E-state index in [1.807, 2.05) is 24.3 Å². The summed E-state index contributed by atoms with van der Waals surface area (Å²) in [6.07, 6.45) is 3.59. The third-order valence-corrected chi connectivity index (χ3v) is 5.93. The van der Waals surface area contributed by atoms with E-state index < -0.39 is 22.7 Å². The minimum Gasteiger partial charge on any atom is -0.370 e. The second-order valence-corrected chi connectivity index (χ2v) is 7.91. The number of nitrogens with two attached hydrogens (primary N) is 2. The van der Waals surface area contributed by atoms with E-state index in [4.69, 9.17) is 11.5 Å². The Labute approximate surface area is 176 Å². The predicted octanol–water partition coefficient (Wildman–Crippen LogP) is 3.30. The van der Waals surface area contributed by atoms with Crippen molar-refractivity contribution in [2.75, 3.05) is 0 Å². The molecule has 8 nitrogen and oxygen atoms in total. The summed E-state index contributed by atoms with van der Waals surface area (Å²) in [4.78, 5) is 39.7. The third kappa shape index (κ3) is 4.57. The van der Waals surface area contributed by atoms with E-state index in [9.17, 15) is 19.7 Å². The summed E-state index contributed by atoms with van der Waals surface area (Å²) in [6.45, 7) is 1.63. The third-order valence-electron chi connectivity index (χ3n) is 4.81. The molecule has 2 aromatic carbocycles. The molecule has 0 aliphatic carbocycles. The van der Waals surface area contributed by atoms with E-state index in [1.54, 1.807) is 25.4 Å². The molecule has 0 spiro atoms. The van der Waals surface area contributed by atoms with E-state index in [2.05, 4.69) is 4.98 Å². The largest absolute Gasteiger partial charge is 0.370 e. The molecule has 0 aliphatic rings. The fraction of sp³-hybridized carbons (Fsp3) is 0.190. The van der Waals surface area contributed by atoms with Crippen LogP contribution in [0.1, 0.15) is 30.4 Å². The van der Waals surface area contributed by atoms with Crippen molar-refractivity contribution in [3.05, 3.63) is 70.0 Å². The Kier molecular flexibility index (Phi) is 6.31. The standard InChI is InChI=1S/C21H20N4O4S/c1-12(21(23)27)16-10-19(17(25(28)29)9-13(16)5-6-20(22)26)30-18-4-2-3-14-11-24-8-7-15(14)18/h2-4,7-12H,5-6H2,1H3,(H2,22,26)(H2,23,27). The molecule has 154 valence electrons. The summed E-state index contributed by atoms with van der Waals surface area (Å²) in [6, 6.07) is 10.5. The van der Waals surface area contributed by atoms with Gasteiger partial charge in [0.1, 0.15) is 0 Å². The normalized spacial score (nSPS) is 11.9. The van der Waals surface area contributed by atoms with Gasteiger partial charge in [0.2, 0.25) is 11.8 Å². The van der Waals surface area contributed by atoms with Gasteiger partial charge in [0.15, 0.2) is 0 Å². The first kappa shape index (κ1) is 21.3. The zero-order valence-electron chi connectivity index (χ0n) is 16.2. The van der Waals surface area contributed by atoms with Crippen LogP contribution in [0.3, 0.4) is 0 Å². The van der Waals surface area contributed by atoms with Crippen molar-refractivity contribution in [1.29, 1.82) is 0 Å². The molecule has 4 N–H and O–H groups in total. The van der Waals surface area contributed by atoms with Gasteiger partial charge in [-0.15, -0.1) is 0 Å². The summed E-state index contributed by atoms with van der Waals surface area (Å²) < 4.78 is 0. The summed E-state index contributed by atoms with van der Waals surface area (Å²) >= 11 is 1.24. The van der Waals surface area contributed by atoms with Crippen LogP contribution < -0.4 is 11.5 Å². The molecule has 9 heteroatoms. The molecule has 30 heavy (non-hydrogen) atoms. The van der Waals surface area contributed by atoms with E-state index in [-0.39, 0.29) is 18.5 Å². The lowest BCUT2D eigenvalue weighted by molar-refractivity contribution is -0.387. The second-order valence-electron chi connectivity index (χ2n) is 6.82. The van der Waals surface area contributed by atoms with Crippen LogP contribution in [0.4, 0.5) is 5.69 Å². The van der Waals surface area contributed by atoms with Gasteiger partial charge in [0.25, 0.3) is 5.69 Å². The molecule has 1 atom stereocenters. The SMILES string of the molecule is CC(C(N)=O)c1cc(Sc2cccc3cnccc23)c([N+](=O)[O-])cc1CCC(N)=O. The number of hydrogen-bond acceptors (Lipinski definition) is 6. The quantitative estimate of drug-likeness (QED) is 0.419. The number of primary amides is 2. The van der Waals surface area contributed by atoms with Crippen molar-refractivity contribution in [2.24, 2.45) is 11.5 Å². The molecule has 0 aliphatic heterocycles. The Hall–Kier alpha value is -3.46. The number of nitrogens with zero attached hydrogens (tertiary/aromatic N) is 2. The average Bonchev–Trinajstić information content (AvgIpc) is 2.71. The van der Waals surface area contributed by atoms with Crippen molar-refractivity contribution >= 4 is 40.0 Å². The highest BCUT2D eigenvalue weighted by atomic mass is 32.2. The van der Waals surface area contributed by atoms with E-state index in [1.165, 1.54) is 17.8 Å². The highest BCUT2D eigenvalue weighted by molar-refractivity contribution is 7.99. The number of nitro benzene ring substituents is 1. The molecule has 0 saturated carbocycles. The molecule has 1 unspecified atom stereocenters. The smallest absolute Gasteiger partial charge is 0.283 e. The first-order chi connectivity index (χ1) is 14.3. The van der Waals surface area contributed by atoms with Gasteiger partial charge >= 0.3 is 0 Å². The maximum atomic E-state index is 11.8. The van der Waals surface area contributed by atoms with Crippen LogP contribution in [-0.4, -0.2) is 21.7 Å². The summed E-state index contributed by atoms with van der Waals surface area (Å²) in [7, 11) is 0. The van der Waals surface area contributed by atoms with Gasteiger partial charge < -0.3 is 11.5 Å². The molecule has 0 fully saturated rings. The van der Waals surface area contributed by atoms with Gasteiger partial charge in [-0.25, -0.2) is 0 Å². The lowest BCUT2D eigenvalue weighted by atomic mass is 9.92. The van der Waals surface area contributed by atoms with Crippen LogP contribution in [0.2, 0.25) is 0 Å². The van der Waals surface area contributed by atoms with Gasteiger partial charge in [0.05, 0.1) is 15.7 Å². The van der Waals surface area contributed by atoms with Crippen LogP contribution in [0.5, 0.6) is 0 Å². The van der Waals surface area contributed by atoms with Crippen LogP contribution in [0, 0.1) is 10.1 Å². The van der Waals surface area contributed by atoms with Crippen LogP contribution in [0.25, 0.3) is 10.8 Å². The van der Waals surface area contributed by atoms with Crippen molar-refractivity contribution < 1.29 is 14.5 Å². The number of amides is 2. The van der Waals surface area contributed by atoms with Crippen molar-refractivity contribution in [1.82, 2.24) is 4.98 Å². The Morgan fingerprint density at radius 2 is 1.97 bits per heavy atom. The highest BCUT2D eigenvalue weighted by Gasteiger charge is 2.24. The molecule has 3 rings (SSSR count). The minimum atomic E-state index is -0.676.